The number of fused-ring (bicyclic) bond motifs is 1. The molecule has 1 aromatic heterocycles. The fourth-order valence-corrected chi connectivity index (χ4v) is 5.09. The van der Waals surface area contributed by atoms with Crippen LogP contribution >= 0.6 is 0 Å². The van der Waals surface area contributed by atoms with E-state index in [1.54, 1.807) is 0 Å². The second kappa shape index (κ2) is 13.3. The summed E-state index contributed by atoms with van der Waals surface area (Å²) in [5.41, 5.74) is 5.20. The van der Waals surface area contributed by atoms with Crippen LogP contribution in [0.2, 0.25) is 0 Å². The lowest BCUT2D eigenvalue weighted by atomic mass is 10.0. The lowest BCUT2D eigenvalue weighted by Crippen LogP contribution is -2.48. The van der Waals surface area contributed by atoms with E-state index in [-0.39, 0.29) is 18.9 Å². The van der Waals surface area contributed by atoms with E-state index in [1.165, 1.54) is 0 Å². The van der Waals surface area contributed by atoms with Gasteiger partial charge in [0.15, 0.2) is 0 Å². The second-order valence-corrected chi connectivity index (χ2v) is 10.1. The van der Waals surface area contributed by atoms with Crippen molar-refractivity contribution in [3.63, 3.8) is 0 Å². The molecule has 7 heteroatoms. The molecule has 0 aliphatic carbocycles. The third kappa shape index (κ3) is 6.68. The van der Waals surface area contributed by atoms with E-state index >= 15 is 0 Å². The van der Waals surface area contributed by atoms with Crippen LogP contribution in [0.25, 0.3) is 10.9 Å². The summed E-state index contributed by atoms with van der Waals surface area (Å²) in [6.45, 7) is 2.76. The van der Waals surface area contributed by atoms with Gasteiger partial charge in [-0.15, -0.1) is 0 Å². The lowest BCUT2D eigenvalue weighted by Gasteiger charge is -2.18. The molecule has 0 fully saturated rings. The van der Waals surface area contributed by atoms with Gasteiger partial charge in [0.1, 0.15) is 24.9 Å². The molecule has 0 bridgehead atoms. The van der Waals surface area contributed by atoms with Crippen LogP contribution in [0.1, 0.15) is 32.7 Å². The van der Waals surface area contributed by atoms with Crippen LogP contribution < -0.4 is 15.4 Å². The predicted molar refractivity (Wildman–Crippen MR) is 163 cm³/mol. The predicted octanol–water partition coefficient (Wildman–Crippen LogP) is 5.56. The summed E-state index contributed by atoms with van der Waals surface area (Å²) in [6, 6.07) is 36.3. The van der Waals surface area contributed by atoms with Crippen molar-refractivity contribution in [1.29, 1.82) is 5.26 Å². The first-order valence-corrected chi connectivity index (χ1v) is 13.9. The quantitative estimate of drug-likeness (QED) is 0.208. The molecule has 1 atom stereocenters. The SMILES string of the molecule is Cc1c(C(=O)NC(Cc2ccccc2)C(=O)NCC#N)c2cc(OCc3ccccc3)ccc2n1Cc1ccccc1. The summed E-state index contributed by atoms with van der Waals surface area (Å²) >= 11 is 0. The largest absolute Gasteiger partial charge is 0.489 e. The van der Waals surface area contributed by atoms with E-state index in [4.69, 9.17) is 10.00 Å². The van der Waals surface area contributed by atoms with Crippen LogP contribution in [-0.2, 0) is 24.4 Å². The van der Waals surface area contributed by atoms with E-state index in [9.17, 15) is 9.59 Å². The van der Waals surface area contributed by atoms with Gasteiger partial charge in [-0.1, -0.05) is 91.0 Å². The number of ether oxygens (including phenoxy) is 1. The molecule has 5 aromatic rings. The summed E-state index contributed by atoms with van der Waals surface area (Å²) in [7, 11) is 0. The van der Waals surface area contributed by atoms with Crippen molar-refractivity contribution in [3.8, 4) is 11.8 Å². The van der Waals surface area contributed by atoms with Crippen molar-refractivity contribution in [2.24, 2.45) is 0 Å². The highest BCUT2D eigenvalue weighted by molar-refractivity contribution is 6.10. The van der Waals surface area contributed by atoms with Crippen LogP contribution in [0.3, 0.4) is 0 Å². The molecule has 42 heavy (non-hydrogen) atoms. The first kappa shape index (κ1) is 28.2. The summed E-state index contributed by atoms with van der Waals surface area (Å²) in [6.07, 6.45) is 0.289. The summed E-state index contributed by atoms with van der Waals surface area (Å²) in [4.78, 5) is 27.0. The Hall–Kier alpha value is -5.35. The first-order valence-electron chi connectivity index (χ1n) is 13.9. The number of hydrogen-bond donors (Lipinski definition) is 2. The van der Waals surface area contributed by atoms with Crippen molar-refractivity contribution >= 4 is 22.7 Å². The molecule has 0 spiro atoms. The fourth-order valence-electron chi connectivity index (χ4n) is 5.09. The third-order valence-corrected chi connectivity index (χ3v) is 7.20. The summed E-state index contributed by atoms with van der Waals surface area (Å²) < 4.78 is 8.22. The van der Waals surface area contributed by atoms with Gasteiger partial charge in [-0.25, -0.2) is 0 Å². The van der Waals surface area contributed by atoms with Crippen molar-refractivity contribution < 1.29 is 14.3 Å². The van der Waals surface area contributed by atoms with Crippen LogP contribution in [0, 0.1) is 18.3 Å². The Morgan fingerprint density at radius 3 is 2.12 bits per heavy atom. The van der Waals surface area contributed by atoms with E-state index < -0.39 is 11.9 Å². The van der Waals surface area contributed by atoms with Gasteiger partial charge in [0.25, 0.3) is 5.91 Å². The number of hydrogen-bond acceptors (Lipinski definition) is 4. The Morgan fingerprint density at radius 1 is 0.857 bits per heavy atom. The highest BCUT2D eigenvalue weighted by atomic mass is 16.5. The molecule has 2 N–H and O–H groups in total. The lowest BCUT2D eigenvalue weighted by molar-refractivity contribution is -0.122. The van der Waals surface area contributed by atoms with Crippen molar-refractivity contribution in [1.82, 2.24) is 15.2 Å². The molecule has 0 saturated carbocycles. The molecule has 1 unspecified atom stereocenters. The third-order valence-electron chi connectivity index (χ3n) is 7.20. The molecule has 210 valence electrons. The van der Waals surface area contributed by atoms with Gasteiger partial charge in [0.05, 0.1) is 11.6 Å². The molecule has 0 aliphatic heterocycles. The van der Waals surface area contributed by atoms with E-state index in [0.717, 1.165) is 33.3 Å². The second-order valence-electron chi connectivity index (χ2n) is 10.1. The Labute approximate surface area is 245 Å². The molecule has 0 aliphatic rings. The Kier molecular flexibility index (Phi) is 8.95. The van der Waals surface area contributed by atoms with Crippen molar-refractivity contribution in [2.45, 2.75) is 32.5 Å². The van der Waals surface area contributed by atoms with Crippen LogP contribution in [0.5, 0.6) is 5.75 Å². The number of nitrogens with zero attached hydrogens (tertiary/aromatic N) is 2. The van der Waals surface area contributed by atoms with Gasteiger partial charge in [-0.2, -0.15) is 5.26 Å². The van der Waals surface area contributed by atoms with Gasteiger partial charge in [-0.3, -0.25) is 9.59 Å². The van der Waals surface area contributed by atoms with Crippen molar-refractivity contribution in [2.75, 3.05) is 6.54 Å². The smallest absolute Gasteiger partial charge is 0.254 e. The van der Waals surface area contributed by atoms with Gasteiger partial charge in [0, 0.05) is 29.6 Å². The number of nitrogens with one attached hydrogen (secondary N) is 2. The van der Waals surface area contributed by atoms with E-state index in [2.05, 4.69) is 27.3 Å². The van der Waals surface area contributed by atoms with E-state index in [0.29, 0.717) is 24.5 Å². The molecule has 0 radical (unpaired) electrons. The highest BCUT2D eigenvalue weighted by Crippen LogP contribution is 2.31. The number of aromatic nitrogens is 1. The Morgan fingerprint density at radius 2 is 1.48 bits per heavy atom. The minimum absolute atomic E-state index is 0.141. The number of amides is 2. The van der Waals surface area contributed by atoms with Gasteiger partial charge in [-0.05, 0) is 41.8 Å². The fraction of sp³-hybridized carbons (Fsp3) is 0.171. The standard InChI is InChI=1S/C35H32N4O3/c1-25-33(35(41)38-31(34(40)37-20-19-36)21-26-11-5-2-6-12-26)30-22-29(42-24-28-15-9-4-10-16-28)17-18-32(30)39(25)23-27-13-7-3-8-14-27/h2-18,22,31H,20-21,23-24H2,1H3,(H,37,40)(H,38,41). The minimum atomic E-state index is -0.863. The molecule has 4 aromatic carbocycles. The topological polar surface area (TPSA) is 96.2 Å². The number of benzene rings is 4. The van der Waals surface area contributed by atoms with Gasteiger partial charge in [0.2, 0.25) is 5.91 Å². The van der Waals surface area contributed by atoms with Crippen LogP contribution in [-0.4, -0.2) is 29.0 Å². The molecule has 0 saturated heterocycles. The summed E-state index contributed by atoms with van der Waals surface area (Å²) in [5, 5.41) is 15.3. The summed E-state index contributed by atoms with van der Waals surface area (Å²) in [5.74, 6) is -0.131. The van der Waals surface area contributed by atoms with Gasteiger partial charge >= 0.3 is 0 Å². The zero-order chi connectivity index (χ0) is 29.3. The maximum Gasteiger partial charge on any atom is 0.254 e. The maximum atomic E-state index is 14.0. The first-order chi connectivity index (χ1) is 20.5. The van der Waals surface area contributed by atoms with Gasteiger partial charge < -0.3 is 19.9 Å². The number of nitriles is 1. The Bertz CT molecular complexity index is 1710. The molecular formula is C35H32N4O3. The highest BCUT2D eigenvalue weighted by Gasteiger charge is 2.26. The molecule has 7 nitrogen and oxygen atoms in total. The zero-order valence-electron chi connectivity index (χ0n) is 23.4. The van der Waals surface area contributed by atoms with Crippen LogP contribution in [0.15, 0.2) is 109 Å². The normalized spacial score (nSPS) is 11.4. The number of rotatable bonds is 11. The average molecular weight is 557 g/mol. The average Bonchev–Trinajstić information content (AvgIpc) is 3.30. The van der Waals surface area contributed by atoms with Crippen molar-refractivity contribution in [3.05, 3.63) is 137 Å². The minimum Gasteiger partial charge on any atom is -0.489 e. The Balaban J connectivity index is 1.50. The zero-order valence-corrected chi connectivity index (χ0v) is 23.4. The molecule has 5 rings (SSSR count). The molecule has 2 amide bonds. The van der Waals surface area contributed by atoms with Crippen LogP contribution in [0.4, 0.5) is 0 Å². The number of carbonyl (C=O) groups is 2. The van der Waals surface area contributed by atoms with E-state index in [1.807, 2.05) is 110 Å². The molecular weight excluding hydrogens is 524 g/mol. The maximum absolute atomic E-state index is 14.0. The monoisotopic (exact) mass is 556 g/mol. The molecule has 1 heterocycles. The number of carbonyl (C=O) groups excluding carboxylic acids is 2.